The lowest BCUT2D eigenvalue weighted by Crippen LogP contribution is -2.33. The zero-order chi connectivity index (χ0) is 10.1. The highest BCUT2D eigenvalue weighted by atomic mass is 19.1. The normalized spacial score (nSPS) is 31.2. The van der Waals surface area contributed by atoms with Crippen LogP contribution in [0.1, 0.15) is 27.2 Å². The van der Waals surface area contributed by atoms with Crippen LogP contribution in [0.3, 0.4) is 0 Å². The van der Waals surface area contributed by atoms with Gasteiger partial charge in [0.25, 0.3) is 0 Å². The molecule has 0 aromatic carbocycles. The van der Waals surface area contributed by atoms with E-state index in [1.54, 1.807) is 0 Å². The maximum Gasteiger partial charge on any atom is 0.114 e. The SMILES string of the molecule is CN1C[C@@H](F)C[C@@H]1COC(C)(C)C. The first-order valence-corrected chi connectivity index (χ1v) is 4.87. The van der Waals surface area contributed by atoms with Crippen LogP contribution in [0, 0.1) is 0 Å². The molecular weight excluding hydrogens is 169 g/mol. The molecule has 2 nitrogen and oxygen atoms in total. The fraction of sp³-hybridized carbons (Fsp3) is 1.00. The molecule has 1 aliphatic rings. The van der Waals surface area contributed by atoms with Crippen LogP contribution in [0.4, 0.5) is 4.39 Å². The Bertz CT molecular complexity index is 167. The van der Waals surface area contributed by atoms with Crippen molar-refractivity contribution in [1.29, 1.82) is 0 Å². The minimum absolute atomic E-state index is 0.116. The molecule has 0 saturated carbocycles. The molecule has 0 spiro atoms. The first-order valence-electron chi connectivity index (χ1n) is 4.87. The average molecular weight is 189 g/mol. The second kappa shape index (κ2) is 3.93. The fourth-order valence-electron chi connectivity index (χ4n) is 1.55. The smallest absolute Gasteiger partial charge is 0.114 e. The van der Waals surface area contributed by atoms with Crippen LogP contribution in [0.15, 0.2) is 0 Å². The van der Waals surface area contributed by atoms with Crippen LogP contribution >= 0.6 is 0 Å². The standard InChI is InChI=1S/C10H20FNO/c1-10(2,3)13-7-9-5-8(11)6-12(9)4/h8-9H,5-7H2,1-4H3/t8-,9+/m0/s1. The number of likely N-dealkylation sites (N-methyl/N-ethyl adjacent to an activating group) is 1. The molecule has 0 N–H and O–H groups in total. The van der Waals surface area contributed by atoms with Crippen LogP contribution in [0.2, 0.25) is 0 Å². The first-order chi connectivity index (χ1) is 5.88. The molecule has 1 rings (SSSR count). The van der Waals surface area contributed by atoms with Gasteiger partial charge in [0.1, 0.15) is 6.17 Å². The summed E-state index contributed by atoms with van der Waals surface area (Å²) in [6.07, 6.45) is -0.0504. The van der Waals surface area contributed by atoms with E-state index >= 15 is 0 Å². The Morgan fingerprint density at radius 1 is 1.46 bits per heavy atom. The number of rotatable bonds is 2. The number of hydrogen-bond donors (Lipinski definition) is 0. The predicted molar refractivity (Wildman–Crippen MR) is 51.6 cm³/mol. The van der Waals surface area contributed by atoms with Gasteiger partial charge in [0.05, 0.1) is 12.2 Å². The lowest BCUT2D eigenvalue weighted by Gasteiger charge is -2.25. The van der Waals surface area contributed by atoms with Crippen LogP contribution in [0.25, 0.3) is 0 Å². The monoisotopic (exact) mass is 189 g/mol. The second-order valence-corrected chi connectivity index (χ2v) is 4.85. The average Bonchev–Trinajstić information content (AvgIpc) is 2.24. The van der Waals surface area contributed by atoms with Gasteiger partial charge >= 0.3 is 0 Å². The number of ether oxygens (including phenoxy) is 1. The van der Waals surface area contributed by atoms with Crippen molar-refractivity contribution in [3.8, 4) is 0 Å². The molecule has 13 heavy (non-hydrogen) atoms. The minimum Gasteiger partial charge on any atom is -0.374 e. The van der Waals surface area contributed by atoms with E-state index in [4.69, 9.17) is 4.74 Å². The maximum absolute atomic E-state index is 12.9. The van der Waals surface area contributed by atoms with Gasteiger partial charge in [-0.05, 0) is 34.2 Å². The molecule has 0 aromatic heterocycles. The molecule has 0 aliphatic carbocycles. The summed E-state index contributed by atoms with van der Waals surface area (Å²) in [5.41, 5.74) is -0.116. The summed E-state index contributed by atoms with van der Waals surface area (Å²) < 4.78 is 18.6. The highest BCUT2D eigenvalue weighted by Crippen LogP contribution is 2.20. The Hall–Kier alpha value is -0.150. The Morgan fingerprint density at radius 3 is 2.46 bits per heavy atom. The molecule has 0 unspecified atom stereocenters. The topological polar surface area (TPSA) is 12.5 Å². The van der Waals surface area contributed by atoms with E-state index in [9.17, 15) is 4.39 Å². The molecule has 1 aliphatic heterocycles. The number of hydrogen-bond acceptors (Lipinski definition) is 2. The fourth-order valence-corrected chi connectivity index (χ4v) is 1.55. The molecule has 0 amide bonds. The molecule has 78 valence electrons. The number of alkyl halides is 1. The van der Waals surface area contributed by atoms with Crippen molar-refractivity contribution in [2.75, 3.05) is 20.2 Å². The predicted octanol–water partition coefficient (Wildman–Crippen LogP) is 1.84. The van der Waals surface area contributed by atoms with Crippen molar-refractivity contribution in [2.45, 2.75) is 45.0 Å². The summed E-state index contributed by atoms with van der Waals surface area (Å²) in [5, 5.41) is 0. The van der Waals surface area contributed by atoms with E-state index in [1.165, 1.54) is 0 Å². The van der Waals surface area contributed by atoms with Crippen molar-refractivity contribution in [3.05, 3.63) is 0 Å². The Kier molecular flexibility index (Phi) is 3.30. The molecule has 1 heterocycles. The van der Waals surface area contributed by atoms with Crippen molar-refractivity contribution in [3.63, 3.8) is 0 Å². The van der Waals surface area contributed by atoms with E-state index in [2.05, 4.69) is 0 Å². The van der Waals surface area contributed by atoms with Crippen LogP contribution in [-0.2, 0) is 4.74 Å². The summed E-state index contributed by atoms with van der Waals surface area (Å²) in [6, 6.07) is 0.259. The van der Waals surface area contributed by atoms with Gasteiger partial charge in [-0.15, -0.1) is 0 Å². The van der Waals surface area contributed by atoms with E-state index < -0.39 is 6.17 Å². The van der Waals surface area contributed by atoms with Crippen LogP contribution < -0.4 is 0 Å². The van der Waals surface area contributed by atoms with Crippen molar-refractivity contribution in [2.24, 2.45) is 0 Å². The van der Waals surface area contributed by atoms with Gasteiger partial charge in [-0.3, -0.25) is 4.90 Å². The zero-order valence-electron chi connectivity index (χ0n) is 9.01. The van der Waals surface area contributed by atoms with Gasteiger partial charge in [0.15, 0.2) is 0 Å². The van der Waals surface area contributed by atoms with Gasteiger partial charge in [0.2, 0.25) is 0 Å². The molecular formula is C10H20FNO. The third-order valence-corrected chi connectivity index (χ3v) is 2.35. The highest BCUT2D eigenvalue weighted by Gasteiger charge is 2.30. The lowest BCUT2D eigenvalue weighted by molar-refractivity contribution is -0.0253. The number of nitrogens with zero attached hydrogens (tertiary/aromatic N) is 1. The summed E-state index contributed by atoms with van der Waals surface area (Å²) >= 11 is 0. The summed E-state index contributed by atoms with van der Waals surface area (Å²) in [5.74, 6) is 0. The summed E-state index contributed by atoms with van der Waals surface area (Å²) in [4.78, 5) is 2.04. The molecule has 1 saturated heterocycles. The van der Waals surface area contributed by atoms with Gasteiger partial charge in [0, 0.05) is 12.6 Å². The molecule has 0 aromatic rings. The molecule has 0 bridgehead atoms. The van der Waals surface area contributed by atoms with Gasteiger partial charge < -0.3 is 4.74 Å². The van der Waals surface area contributed by atoms with Crippen molar-refractivity contribution >= 4 is 0 Å². The van der Waals surface area contributed by atoms with Gasteiger partial charge in [-0.1, -0.05) is 0 Å². The third kappa shape index (κ3) is 3.61. The summed E-state index contributed by atoms with van der Waals surface area (Å²) in [6.45, 7) is 7.26. The lowest BCUT2D eigenvalue weighted by atomic mass is 10.2. The van der Waals surface area contributed by atoms with E-state index in [-0.39, 0.29) is 11.6 Å². The van der Waals surface area contributed by atoms with Crippen molar-refractivity contribution < 1.29 is 9.13 Å². The van der Waals surface area contributed by atoms with Gasteiger partial charge in [-0.2, -0.15) is 0 Å². The zero-order valence-corrected chi connectivity index (χ0v) is 9.01. The summed E-state index contributed by atoms with van der Waals surface area (Å²) in [7, 11) is 1.95. The van der Waals surface area contributed by atoms with Crippen LogP contribution in [0.5, 0.6) is 0 Å². The Labute approximate surface area is 80.1 Å². The Morgan fingerprint density at radius 2 is 2.08 bits per heavy atom. The van der Waals surface area contributed by atoms with Crippen LogP contribution in [-0.4, -0.2) is 42.9 Å². The molecule has 0 radical (unpaired) electrons. The van der Waals surface area contributed by atoms with E-state index in [1.807, 2.05) is 32.7 Å². The van der Waals surface area contributed by atoms with E-state index in [0.29, 0.717) is 19.6 Å². The third-order valence-electron chi connectivity index (χ3n) is 2.35. The maximum atomic E-state index is 12.9. The van der Waals surface area contributed by atoms with Crippen molar-refractivity contribution in [1.82, 2.24) is 4.90 Å². The molecule has 3 heteroatoms. The minimum atomic E-state index is -0.668. The molecule has 2 atom stereocenters. The molecule has 1 fully saturated rings. The van der Waals surface area contributed by atoms with E-state index in [0.717, 1.165) is 0 Å². The quantitative estimate of drug-likeness (QED) is 0.657. The Balaban J connectivity index is 2.30. The second-order valence-electron chi connectivity index (χ2n) is 4.85. The number of halogens is 1. The largest absolute Gasteiger partial charge is 0.374 e. The highest BCUT2D eigenvalue weighted by molar-refractivity contribution is 4.83. The first kappa shape index (κ1) is 10.9. The van der Waals surface area contributed by atoms with Gasteiger partial charge in [-0.25, -0.2) is 4.39 Å². The number of likely N-dealkylation sites (tertiary alicyclic amines) is 1.